The van der Waals surface area contributed by atoms with E-state index in [4.69, 9.17) is 14.6 Å². The number of ether oxygens (including phenoxy) is 2. The predicted octanol–water partition coefficient (Wildman–Crippen LogP) is 0.788. The molecule has 0 aliphatic carbocycles. The van der Waals surface area contributed by atoms with E-state index in [1.54, 1.807) is 0 Å². The van der Waals surface area contributed by atoms with Gasteiger partial charge < -0.3 is 19.9 Å². The highest BCUT2D eigenvalue weighted by Crippen LogP contribution is 1.93. The van der Waals surface area contributed by atoms with Gasteiger partial charge in [0, 0.05) is 12.6 Å². The summed E-state index contributed by atoms with van der Waals surface area (Å²) in [4.78, 5) is 0. The lowest BCUT2D eigenvalue weighted by Gasteiger charge is -2.17. The van der Waals surface area contributed by atoms with Crippen molar-refractivity contribution in [3.63, 3.8) is 0 Å². The fraction of sp³-hybridized carbons (Fsp3) is 1.00. The molecule has 0 fully saturated rings. The normalized spacial score (nSPS) is 13.4. The Hall–Kier alpha value is -0.160. The molecule has 0 radical (unpaired) electrons. The quantitative estimate of drug-likeness (QED) is 0.533. The summed E-state index contributed by atoms with van der Waals surface area (Å²) in [6.07, 6.45) is 0.995. The Balaban J connectivity index is 3.36. The van der Waals surface area contributed by atoms with Crippen LogP contribution in [0.3, 0.4) is 0 Å². The Morgan fingerprint density at radius 3 is 2.53 bits per heavy atom. The molecule has 0 aromatic carbocycles. The fourth-order valence-electron chi connectivity index (χ4n) is 1.26. The molecule has 0 aliphatic rings. The third kappa shape index (κ3) is 10.1. The van der Waals surface area contributed by atoms with Crippen LogP contribution in [0, 0.1) is 0 Å². The summed E-state index contributed by atoms with van der Waals surface area (Å²) in [6, 6.07) is 0.249. The van der Waals surface area contributed by atoms with Crippen LogP contribution in [0.25, 0.3) is 0 Å². The summed E-state index contributed by atoms with van der Waals surface area (Å²) < 4.78 is 10.8. The minimum atomic E-state index is 0.198. The van der Waals surface area contributed by atoms with Crippen molar-refractivity contribution in [3.8, 4) is 0 Å². The highest BCUT2D eigenvalue weighted by Gasteiger charge is 2.05. The molecule has 4 heteroatoms. The number of rotatable bonds is 10. The minimum absolute atomic E-state index is 0.198. The molecule has 15 heavy (non-hydrogen) atoms. The number of aliphatic hydroxyl groups excluding tert-OH is 1. The van der Waals surface area contributed by atoms with Gasteiger partial charge in [0.15, 0.2) is 0 Å². The average Bonchev–Trinajstić information content (AvgIpc) is 2.17. The molecule has 0 aromatic heterocycles. The molecule has 0 amide bonds. The van der Waals surface area contributed by atoms with Gasteiger partial charge in [-0.1, -0.05) is 6.92 Å². The van der Waals surface area contributed by atoms with E-state index in [1.807, 2.05) is 20.8 Å². The molecule has 0 aromatic rings. The van der Waals surface area contributed by atoms with Gasteiger partial charge in [0.1, 0.15) is 0 Å². The highest BCUT2D eigenvalue weighted by molar-refractivity contribution is 4.64. The number of hydrogen-bond acceptors (Lipinski definition) is 4. The number of aliphatic hydroxyl groups is 1. The van der Waals surface area contributed by atoms with Crippen molar-refractivity contribution < 1.29 is 14.6 Å². The van der Waals surface area contributed by atoms with Crippen LogP contribution < -0.4 is 5.32 Å². The van der Waals surface area contributed by atoms with Crippen LogP contribution in [0.2, 0.25) is 0 Å². The minimum Gasteiger partial charge on any atom is -0.396 e. The van der Waals surface area contributed by atoms with E-state index in [9.17, 15) is 0 Å². The maximum absolute atomic E-state index is 8.82. The Morgan fingerprint density at radius 2 is 2.00 bits per heavy atom. The molecule has 92 valence electrons. The summed E-state index contributed by atoms with van der Waals surface area (Å²) in [7, 11) is 0. The van der Waals surface area contributed by atoms with Crippen LogP contribution in [0.5, 0.6) is 0 Å². The first kappa shape index (κ1) is 14.8. The lowest BCUT2D eigenvalue weighted by atomic mass is 10.2. The van der Waals surface area contributed by atoms with Crippen molar-refractivity contribution in [1.82, 2.24) is 5.32 Å². The molecular formula is C11H25NO3. The molecular weight excluding hydrogens is 194 g/mol. The maximum atomic E-state index is 8.82. The second-order valence-corrected chi connectivity index (χ2v) is 3.76. The average molecular weight is 219 g/mol. The van der Waals surface area contributed by atoms with Crippen molar-refractivity contribution >= 4 is 0 Å². The van der Waals surface area contributed by atoms with Gasteiger partial charge in [-0.2, -0.15) is 0 Å². The van der Waals surface area contributed by atoms with Crippen LogP contribution in [-0.2, 0) is 9.47 Å². The number of hydrogen-bond donors (Lipinski definition) is 2. The molecule has 0 bridgehead atoms. The van der Waals surface area contributed by atoms with Gasteiger partial charge >= 0.3 is 0 Å². The van der Waals surface area contributed by atoms with Gasteiger partial charge in [0.2, 0.25) is 0 Å². The predicted molar refractivity (Wildman–Crippen MR) is 61.1 cm³/mol. The van der Waals surface area contributed by atoms with Crippen LogP contribution in [-0.4, -0.2) is 50.2 Å². The van der Waals surface area contributed by atoms with Crippen LogP contribution >= 0.6 is 0 Å². The number of nitrogens with one attached hydrogen (secondary N) is 1. The van der Waals surface area contributed by atoms with Crippen molar-refractivity contribution in [1.29, 1.82) is 0 Å². The second-order valence-electron chi connectivity index (χ2n) is 3.76. The second kappa shape index (κ2) is 10.4. The molecule has 0 heterocycles. The molecule has 2 N–H and O–H groups in total. The topological polar surface area (TPSA) is 50.7 Å². The zero-order valence-corrected chi connectivity index (χ0v) is 10.2. The summed E-state index contributed by atoms with van der Waals surface area (Å²) in [5, 5.41) is 12.1. The molecule has 0 saturated carbocycles. The summed E-state index contributed by atoms with van der Waals surface area (Å²) in [6.45, 7) is 9.05. The molecule has 0 spiro atoms. The first-order chi connectivity index (χ1) is 7.20. The summed E-state index contributed by atoms with van der Waals surface area (Å²) in [5.41, 5.74) is 0. The first-order valence-corrected chi connectivity index (χ1v) is 5.74. The third-order valence-electron chi connectivity index (χ3n) is 1.97. The zero-order valence-electron chi connectivity index (χ0n) is 10.2. The van der Waals surface area contributed by atoms with Crippen molar-refractivity contribution in [2.45, 2.75) is 39.3 Å². The van der Waals surface area contributed by atoms with Gasteiger partial charge in [0.05, 0.1) is 25.9 Å². The van der Waals surface area contributed by atoms with Gasteiger partial charge in [-0.3, -0.25) is 0 Å². The van der Waals surface area contributed by atoms with Crippen molar-refractivity contribution in [2.24, 2.45) is 0 Å². The fourth-order valence-corrected chi connectivity index (χ4v) is 1.26. The molecule has 4 nitrogen and oxygen atoms in total. The Morgan fingerprint density at radius 1 is 1.27 bits per heavy atom. The Labute approximate surface area is 93.0 Å². The van der Waals surface area contributed by atoms with Crippen molar-refractivity contribution in [3.05, 3.63) is 0 Å². The summed E-state index contributed by atoms with van der Waals surface area (Å²) in [5.74, 6) is 0. The van der Waals surface area contributed by atoms with Gasteiger partial charge in [0.25, 0.3) is 0 Å². The first-order valence-electron chi connectivity index (χ1n) is 5.74. The van der Waals surface area contributed by atoms with E-state index < -0.39 is 0 Å². The molecule has 1 unspecified atom stereocenters. The lowest BCUT2D eigenvalue weighted by Crippen LogP contribution is -2.34. The molecule has 0 rings (SSSR count). The van der Waals surface area contributed by atoms with E-state index in [2.05, 4.69) is 5.32 Å². The molecule has 1 atom stereocenters. The third-order valence-corrected chi connectivity index (χ3v) is 1.97. The highest BCUT2D eigenvalue weighted by atomic mass is 16.5. The van der Waals surface area contributed by atoms with Crippen LogP contribution in [0.15, 0.2) is 0 Å². The SMILES string of the molecule is CCNC(CCO)COCCOC(C)C. The molecule has 0 aliphatic heterocycles. The number of likely N-dealkylation sites (N-methyl/N-ethyl adjacent to an activating group) is 1. The van der Waals surface area contributed by atoms with Crippen molar-refractivity contribution in [2.75, 3.05) is 33.0 Å². The lowest BCUT2D eigenvalue weighted by molar-refractivity contribution is 0.0124. The smallest absolute Gasteiger partial charge is 0.0703 e. The summed E-state index contributed by atoms with van der Waals surface area (Å²) >= 11 is 0. The van der Waals surface area contributed by atoms with E-state index in [1.165, 1.54) is 0 Å². The Bertz CT molecular complexity index is 125. The molecule has 0 saturated heterocycles. The monoisotopic (exact) mass is 219 g/mol. The van der Waals surface area contributed by atoms with E-state index in [0.717, 1.165) is 13.0 Å². The zero-order chi connectivity index (χ0) is 11.5. The maximum Gasteiger partial charge on any atom is 0.0703 e. The van der Waals surface area contributed by atoms with Gasteiger partial charge in [-0.05, 0) is 26.8 Å². The van der Waals surface area contributed by atoms with E-state index in [0.29, 0.717) is 19.8 Å². The van der Waals surface area contributed by atoms with E-state index in [-0.39, 0.29) is 18.8 Å². The largest absolute Gasteiger partial charge is 0.396 e. The Kier molecular flexibility index (Phi) is 10.3. The van der Waals surface area contributed by atoms with Crippen LogP contribution in [0.1, 0.15) is 27.2 Å². The van der Waals surface area contributed by atoms with Crippen LogP contribution in [0.4, 0.5) is 0 Å². The standard InChI is InChI=1S/C11H25NO3/c1-4-12-11(5-6-13)9-14-7-8-15-10(2)3/h10-13H,4-9H2,1-3H3. The van der Waals surface area contributed by atoms with Gasteiger partial charge in [-0.15, -0.1) is 0 Å². The van der Waals surface area contributed by atoms with E-state index >= 15 is 0 Å². The van der Waals surface area contributed by atoms with Gasteiger partial charge in [-0.25, -0.2) is 0 Å².